The summed E-state index contributed by atoms with van der Waals surface area (Å²) in [5.74, 6) is 0.325. The van der Waals surface area contributed by atoms with Gasteiger partial charge in [-0.25, -0.2) is 4.79 Å². The lowest BCUT2D eigenvalue weighted by Gasteiger charge is -2.22. The zero-order valence-electron chi connectivity index (χ0n) is 15.8. The SMILES string of the molecule is CCCC(CN=C(N)Nc1ccc(C)cc1)NC(=O)OC(C)(C)C.I. The van der Waals surface area contributed by atoms with E-state index in [1.807, 2.05) is 52.0 Å². The number of guanidine groups is 1. The lowest BCUT2D eigenvalue weighted by molar-refractivity contribution is 0.0503. The Kier molecular flexibility index (Phi) is 10.5. The predicted octanol–water partition coefficient (Wildman–Crippen LogP) is 4.03. The minimum atomic E-state index is -0.518. The molecule has 1 amide bonds. The van der Waals surface area contributed by atoms with Gasteiger partial charge in [0.25, 0.3) is 0 Å². The van der Waals surface area contributed by atoms with Crippen LogP contribution < -0.4 is 16.4 Å². The Hall–Kier alpha value is -1.51. The van der Waals surface area contributed by atoms with Crippen molar-refractivity contribution in [3.8, 4) is 0 Å². The molecule has 0 heterocycles. The maximum atomic E-state index is 11.9. The molecule has 0 aliphatic heterocycles. The number of nitrogens with zero attached hydrogens (tertiary/aromatic N) is 1. The molecule has 0 saturated carbocycles. The van der Waals surface area contributed by atoms with Crippen molar-refractivity contribution in [3.05, 3.63) is 29.8 Å². The highest BCUT2D eigenvalue weighted by atomic mass is 127. The van der Waals surface area contributed by atoms with Crippen molar-refractivity contribution in [2.24, 2.45) is 10.7 Å². The molecule has 0 fully saturated rings. The van der Waals surface area contributed by atoms with Crippen LogP contribution in [0.1, 0.15) is 46.1 Å². The van der Waals surface area contributed by atoms with Crippen LogP contribution >= 0.6 is 24.0 Å². The number of ether oxygens (including phenoxy) is 1. The summed E-state index contributed by atoms with van der Waals surface area (Å²) >= 11 is 0. The molecule has 1 atom stereocenters. The van der Waals surface area contributed by atoms with Crippen LogP contribution in [0.4, 0.5) is 10.5 Å². The van der Waals surface area contributed by atoms with Crippen LogP contribution in [0.25, 0.3) is 0 Å². The van der Waals surface area contributed by atoms with Gasteiger partial charge >= 0.3 is 6.09 Å². The Labute approximate surface area is 168 Å². The maximum Gasteiger partial charge on any atom is 0.407 e. The first kappa shape index (κ1) is 23.5. The van der Waals surface area contributed by atoms with E-state index in [0.717, 1.165) is 18.5 Å². The molecule has 7 heteroatoms. The summed E-state index contributed by atoms with van der Waals surface area (Å²) < 4.78 is 5.28. The summed E-state index contributed by atoms with van der Waals surface area (Å²) in [4.78, 5) is 16.2. The van der Waals surface area contributed by atoms with Crippen molar-refractivity contribution in [2.75, 3.05) is 11.9 Å². The van der Waals surface area contributed by atoms with Gasteiger partial charge in [-0.1, -0.05) is 31.0 Å². The molecular formula is C18H31IN4O2. The fraction of sp³-hybridized carbons (Fsp3) is 0.556. The van der Waals surface area contributed by atoms with E-state index in [0.29, 0.717) is 12.5 Å². The largest absolute Gasteiger partial charge is 0.444 e. The Morgan fingerprint density at radius 3 is 2.40 bits per heavy atom. The van der Waals surface area contributed by atoms with Crippen molar-refractivity contribution >= 4 is 41.7 Å². The zero-order chi connectivity index (χ0) is 18.2. The number of amides is 1. The second-order valence-electron chi connectivity index (χ2n) is 6.85. The number of rotatable bonds is 6. The standard InChI is InChI=1S/C18H30N4O2.HI/c1-6-7-15(22-17(23)24-18(3,4)5)12-20-16(19)21-14-10-8-13(2)9-11-14;/h8-11,15H,6-7,12H2,1-5H3,(H,22,23)(H3,19,20,21);1H. The number of alkyl carbamates (subject to hydrolysis) is 1. The van der Waals surface area contributed by atoms with Crippen LogP contribution in [0.3, 0.4) is 0 Å². The van der Waals surface area contributed by atoms with E-state index in [1.165, 1.54) is 5.56 Å². The molecule has 0 spiro atoms. The van der Waals surface area contributed by atoms with Crippen LogP contribution in [0.5, 0.6) is 0 Å². The molecule has 1 aromatic carbocycles. The molecule has 0 saturated heterocycles. The van der Waals surface area contributed by atoms with Gasteiger partial charge in [0.1, 0.15) is 5.60 Å². The highest BCUT2D eigenvalue weighted by Gasteiger charge is 2.19. The first-order valence-corrected chi connectivity index (χ1v) is 8.32. The molecule has 0 bridgehead atoms. The number of aryl methyl sites for hydroxylation is 1. The second kappa shape index (κ2) is 11.2. The quantitative estimate of drug-likeness (QED) is 0.338. The van der Waals surface area contributed by atoms with Gasteiger partial charge in [0.2, 0.25) is 0 Å². The lowest BCUT2D eigenvalue weighted by Crippen LogP contribution is -2.41. The van der Waals surface area contributed by atoms with Crippen molar-refractivity contribution in [1.29, 1.82) is 0 Å². The minimum Gasteiger partial charge on any atom is -0.444 e. The van der Waals surface area contributed by atoms with Gasteiger partial charge in [0.05, 0.1) is 12.6 Å². The third kappa shape index (κ3) is 10.9. The second-order valence-corrected chi connectivity index (χ2v) is 6.85. The molecule has 1 unspecified atom stereocenters. The molecule has 1 rings (SSSR count). The van der Waals surface area contributed by atoms with E-state index in [2.05, 4.69) is 22.5 Å². The highest BCUT2D eigenvalue weighted by Crippen LogP contribution is 2.09. The summed E-state index contributed by atoms with van der Waals surface area (Å²) in [5, 5.41) is 5.89. The molecule has 0 aliphatic carbocycles. The summed E-state index contributed by atoms with van der Waals surface area (Å²) in [7, 11) is 0. The number of nitrogens with two attached hydrogens (primary N) is 1. The fourth-order valence-corrected chi connectivity index (χ4v) is 2.06. The van der Waals surface area contributed by atoms with Gasteiger partial charge in [-0.15, -0.1) is 24.0 Å². The van der Waals surface area contributed by atoms with E-state index < -0.39 is 11.7 Å². The summed E-state index contributed by atoms with van der Waals surface area (Å²) in [5.41, 5.74) is 7.46. The Morgan fingerprint density at radius 1 is 1.28 bits per heavy atom. The van der Waals surface area contributed by atoms with Gasteiger partial charge in [-0.3, -0.25) is 4.99 Å². The van der Waals surface area contributed by atoms with Crippen LogP contribution in [0.15, 0.2) is 29.3 Å². The predicted molar refractivity (Wildman–Crippen MR) is 115 cm³/mol. The van der Waals surface area contributed by atoms with Crippen LogP contribution in [-0.2, 0) is 4.74 Å². The number of halogens is 1. The topological polar surface area (TPSA) is 88.7 Å². The van der Waals surface area contributed by atoms with Crippen molar-refractivity contribution < 1.29 is 9.53 Å². The van der Waals surface area contributed by atoms with Crippen molar-refractivity contribution in [3.63, 3.8) is 0 Å². The fourth-order valence-electron chi connectivity index (χ4n) is 2.06. The van der Waals surface area contributed by atoms with Crippen LogP contribution in [0.2, 0.25) is 0 Å². The van der Waals surface area contributed by atoms with Gasteiger partial charge in [0.15, 0.2) is 5.96 Å². The number of benzene rings is 1. The minimum absolute atomic E-state index is 0. The van der Waals surface area contributed by atoms with Gasteiger partial charge in [-0.05, 0) is 46.2 Å². The molecule has 0 radical (unpaired) electrons. The normalized spacial score (nSPS) is 12.8. The van der Waals surface area contributed by atoms with Gasteiger partial charge in [0, 0.05) is 5.69 Å². The molecule has 25 heavy (non-hydrogen) atoms. The average molecular weight is 462 g/mol. The number of aliphatic imine (C=N–C) groups is 1. The van der Waals surface area contributed by atoms with Crippen LogP contribution in [-0.4, -0.2) is 30.2 Å². The Morgan fingerprint density at radius 2 is 1.88 bits per heavy atom. The number of nitrogens with one attached hydrogen (secondary N) is 2. The van der Waals surface area contributed by atoms with Gasteiger partial charge in [-0.2, -0.15) is 0 Å². The first-order valence-electron chi connectivity index (χ1n) is 8.32. The molecular weight excluding hydrogens is 431 g/mol. The van der Waals surface area contributed by atoms with E-state index in [-0.39, 0.29) is 30.0 Å². The lowest BCUT2D eigenvalue weighted by atomic mass is 10.1. The molecule has 1 aromatic rings. The third-order valence-electron chi connectivity index (χ3n) is 3.16. The van der Waals surface area contributed by atoms with Crippen LogP contribution in [0, 0.1) is 6.92 Å². The number of carbonyl (C=O) groups excluding carboxylic acids is 1. The van der Waals surface area contributed by atoms with E-state index >= 15 is 0 Å². The highest BCUT2D eigenvalue weighted by molar-refractivity contribution is 14.0. The molecule has 0 aromatic heterocycles. The smallest absolute Gasteiger partial charge is 0.407 e. The summed E-state index contributed by atoms with van der Waals surface area (Å²) in [6, 6.07) is 7.78. The number of carbonyl (C=O) groups is 1. The van der Waals surface area contributed by atoms with E-state index in [9.17, 15) is 4.79 Å². The number of hydrogen-bond donors (Lipinski definition) is 3. The van der Waals surface area contributed by atoms with E-state index in [1.54, 1.807) is 0 Å². The maximum absolute atomic E-state index is 11.9. The Bertz CT molecular complexity index is 553. The van der Waals surface area contributed by atoms with Crippen molar-refractivity contribution in [1.82, 2.24) is 5.32 Å². The Balaban J connectivity index is 0.00000576. The summed E-state index contributed by atoms with van der Waals surface area (Å²) in [6.07, 6.45) is 1.31. The van der Waals surface area contributed by atoms with Crippen molar-refractivity contribution in [2.45, 2.75) is 59.1 Å². The average Bonchev–Trinajstić information content (AvgIpc) is 2.45. The molecule has 6 nitrogen and oxygen atoms in total. The molecule has 4 N–H and O–H groups in total. The number of anilines is 1. The monoisotopic (exact) mass is 462 g/mol. The number of hydrogen-bond acceptors (Lipinski definition) is 3. The molecule has 142 valence electrons. The third-order valence-corrected chi connectivity index (χ3v) is 3.16. The van der Waals surface area contributed by atoms with E-state index in [4.69, 9.17) is 10.5 Å². The van der Waals surface area contributed by atoms with Gasteiger partial charge < -0.3 is 21.1 Å². The molecule has 0 aliphatic rings. The first-order chi connectivity index (χ1) is 11.2. The summed E-state index contributed by atoms with van der Waals surface area (Å²) in [6.45, 7) is 9.99. The zero-order valence-corrected chi connectivity index (χ0v) is 18.1.